The molecule has 152 valence electrons. The monoisotopic (exact) mass is 398 g/mol. The van der Waals surface area contributed by atoms with Gasteiger partial charge in [-0.2, -0.15) is 0 Å². The van der Waals surface area contributed by atoms with Crippen LogP contribution in [-0.4, -0.2) is 49.3 Å². The van der Waals surface area contributed by atoms with Gasteiger partial charge in [0.1, 0.15) is 22.9 Å². The van der Waals surface area contributed by atoms with Crippen molar-refractivity contribution >= 4 is 11.6 Å². The first-order valence-corrected chi connectivity index (χ1v) is 8.72. The van der Waals surface area contributed by atoms with Crippen molar-refractivity contribution in [2.24, 2.45) is 0 Å². The van der Waals surface area contributed by atoms with E-state index in [1.807, 2.05) is 12.1 Å². The Balaban J connectivity index is 1.92. The number of methoxy groups -OCH3 is 4. The fourth-order valence-corrected chi connectivity index (χ4v) is 2.76. The van der Waals surface area contributed by atoms with E-state index >= 15 is 0 Å². The molecule has 2 aromatic carbocycles. The standard InChI is InChI=1S/C20H22N4O5/c1-26-12-17-19(22-23-24(17)13-5-7-14(27-2)8-6-13)20(25)21-16-10-9-15(28-3)11-18(16)29-4/h5-11H,12H2,1-4H3,(H,21,25). The lowest BCUT2D eigenvalue weighted by Gasteiger charge is -2.12. The lowest BCUT2D eigenvalue weighted by molar-refractivity contribution is 0.101. The second kappa shape index (κ2) is 9.07. The van der Waals surface area contributed by atoms with Crippen molar-refractivity contribution in [2.45, 2.75) is 6.61 Å². The Morgan fingerprint density at radius 2 is 1.66 bits per heavy atom. The number of nitrogens with zero attached hydrogens (tertiary/aromatic N) is 3. The summed E-state index contributed by atoms with van der Waals surface area (Å²) in [6.07, 6.45) is 0. The molecular weight excluding hydrogens is 376 g/mol. The normalized spacial score (nSPS) is 10.5. The zero-order valence-electron chi connectivity index (χ0n) is 16.6. The first-order valence-electron chi connectivity index (χ1n) is 8.72. The zero-order chi connectivity index (χ0) is 20.8. The fourth-order valence-electron chi connectivity index (χ4n) is 2.76. The van der Waals surface area contributed by atoms with Gasteiger partial charge in [0.25, 0.3) is 5.91 Å². The van der Waals surface area contributed by atoms with E-state index < -0.39 is 5.91 Å². The summed E-state index contributed by atoms with van der Waals surface area (Å²) in [7, 11) is 6.21. The lowest BCUT2D eigenvalue weighted by atomic mass is 10.2. The fraction of sp³-hybridized carbons (Fsp3) is 0.250. The molecule has 1 heterocycles. The van der Waals surface area contributed by atoms with Crippen LogP contribution in [0.2, 0.25) is 0 Å². The van der Waals surface area contributed by atoms with E-state index in [-0.39, 0.29) is 12.3 Å². The molecule has 0 fully saturated rings. The Bertz CT molecular complexity index is 985. The Morgan fingerprint density at radius 3 is 2.28 bits per heavy atom. The van der Waals surface area contributed by atoms with Gasteiger partial charge in [-0.15, -0.1) is 5.10 Å². The third kappa shape index (κ3) is 4.30. The Kier molecular flexibility index (Phi) is 6.30. The first kappa shape index (κ1) is 20.2. The van der Waals surface area contributed by atoms with Crippen molar-refractivity contribution in [1.82, 2.24) is 15.0 Å². The second-order valence-electron chi connectivity index (χ2n) is 5.95. The molecule has 0 radical (unpaired) electrons. The van der Waals surface area contributed by atoms with Crippen LogP contribution in [0.3, 0.4) is 0 Å². The molecule has 1 aromatic heterocycles. The van der Waals surface area contributed by atoms with Gasteiger partial charge >= 0.3 is 0 Å². The van der Waals surface area contributed by atoms with Gasteiger partial charge in [-0.3, -0.25) is 4.79 Å². The highest BCUT2D eigenvalue weighted by Gasteiger charge is 2.22. The number of carbonyl (C=O) groups excluding carboxylic acids is 1. The molecule has 3 aromatic rings. The van der Waals surface area contributed by atoms with Gasteiger partial charge in [-0.1, -0.05) is 5.21 Å². The molecular formula is C20H22N4O5. The smallest absolute Gasteiger partial charge is 0.278 e. The van der Waals surface area contributed by atoms with Crippen LogP contribution < -0.4 is 19.5 Å². The van der Waals surface area contributed by atoms with Gasteiger partial charge in [-0.25, -0.2) is 4.68 Å². The van der Waals surface area contributed by atoms with Crippen LogP contribution >= 0.6 is 0 Å². The van der Waals surface area contributed by atoms with Gasteiger partial charge in [0.05, 0.1) is 39.3 Å². The summed E-state index contributed by atoms with van der Waals surface area (Å²) in [4.78, 5) is 12.9. The van der Waals surface area contributed by atoms with Crippen molar-refractivity contribution in [1.29, 1.82) is 0 Å². The molecule has 1 N–H and O–H groups in total. The number of ether oxygens (including phenoxy) is 4. The molecule has 9 nitrogen and oxygen atoms in total. The van der Waals surface area contributed by atoms with Crippen molar-refractivity contribution in [3.63, 3.8) is 0 Å². The molecule has 0 unspecified atom stereocenters. The second-order valence-corrected chi connectivity index (χ2v) is 5.95. The predicted octanol–water partition coefficient (Wildman–Crippen LogP) is 2.69. The summed E-state index contributed by atoms with van der Waals surface area (Å²) in [5, 5.41) is 11.0. The molecule has 0 spiro atoms. The summed E-state index contributed by atoms with van der Waals surface area (Å²) >= 11 is 0. The van der Waals surface area contributed by atoms with E-state index in [1.165, 1.54) is 7.11 Å². The molecule has 0 aliphatic heterocycles. The number of aromatic nitrogens is 3. The lowest BCUT2D eigenvalue weighted by Crippen LogP contribution is -2.16. The molecule has 0 bridgehead atoms. The number of rotatable bonds is 8. The maximum Gasteiger partial charge on any atom is 0.278 e. The van der Waals surface area contributed by atoms with Crippen LogP contribution in [0.25, 0.3) is 5.69 Å². The number of carbonyl (C=O) groups is 1. The summed E-state index contributed by atoms with van der Waals surface area (Å²) in [6.45, 7) is 0.154. The Labute approximate surface area is 168 Å². The number of hydrogen-bond donors (Lipinski definition) is 1. The van der Waals surface area contributed by atoms with E-state index in [4.69, 9.17) is 18.9 Å². The number of nitrogens with one attached hydrogen (secondary N) is 1. The van der Waals surface area contributed by atoms with Crippen LogP contribution in [0.5, 0.6) is 17.2 Å². The molecule has 9 heteroatoms. The quantitative estimate of drug-likeness (QED) is 0.623. The summed E-state index contributed by atoms with van der Waals surface area (Å²) in [5.74, 6) is 1.37. The van der Waals surface area contributed by atoms with E-state index in [0.717, 1.165) is 5.69 Å². The average molecular weight is 398 g/mol. The number of amides is 1. The highest BCUT2D eigenvalue weighted by Crippen LogP contribution is 2.29. The highest BCUT2D eigenvalue weighted by atomic mass is 16.5. The van der Waals surface area contributed by atoms with Crippen LogP contribution in [0.4, 0.5) is 5.69 Å². The average Bonchev–Trinajstić information content (AvgIpc) is 3.18. The van der Waals surface area contributed by atoms with Gasteiger partial charge in [-0.05, 0) is 36.4 Å². The molecule has 0 saturated heterocycles. The zero-order valence-corrected chi connectivity index (χ0v) is 16.6. The number of hydrogen-bond acceptors (Lipinski definition) is 7. The third-order valence-corrected chi connectivity index (χ3v) is 4.23. The molecule has 0 aliphatic carbocycles. The number of benzene rings is 2. The maximum atomic E-state index is 12.9. The van der Waals surface area contributed by atoms with Crippen molar-refractivity contribution in [3.8, 4) is 22.9 Å². The topological polar surface area (TPSA) is 96.7 Å². The van der Waals surface area contributed by atoms with Crippen LogP contribution in [0.1, 0.15) is 16.2 Å². The molecule has 29 heavy (non-hydrogen) atoms. The van der Waals surface area contributed by atoms with Crippen molar-refractivity contribution < 1.29 is 23.7 Å². The minimum Gasteiger partial charge on any atom is -0.497 e. The Hall–Kier alpha value is -3.59. The third-order valence-electron chi connectivity index (χ3n) is 4.23. The minimum atomic E-state index is -0.430. The maximum absolute atomic E-state index is 12.9. The predicted molar refractivity (Wildman–Crippen MR) is 106 cm³/mol. The minimum absolute atomic E-state index is 0.153. The molecule has 1 amide bonds. The van der Waals surface area contributed by atoms with Crippen LogP contribution in [0.15, 0.2) is 42.5 Å². The van der Waals surface area contributed by atoms with Crippen molar-refractivity contribution in [2.75, 3.05) is 33.8 Å². The molecule has 0 aliphatic rings. The van der Waals surface area contributed by atoms with Crippen LogP contribution in [-0.2, 0) is 11.3 Å². The van der Waals surface area contributed by atoms with E-state index in [9.17, 15) is 4.79 Å². The van der Waals surface area contributed by atoms with Crippen LogP contribution in [0, 0.1) is 0 Å². The Morgan fingerprint density at radius 1 is 0.966 bits per heavy atom. The van der Waals surface area contributed by atoms with Gasteiger partial charge in [0.15, 0.2) is 5.69 Å². The SMILES string of the molecule is COCc1c(C(=O)Nc2ccc(OC)cc2OC)nnn1-c1ccc(OC)cc1. The highest BCUT2D eigenvalue weighted by molar-refractivity contribution is 6.04. The molecule has 0 saturated carbocycles. The van der Waals surface area contributed by atoms with Gasteiger partial charge in [0, 0.05) is 13.2 Å². The van der Waals surface area contributed by atoms with Gasteiger partial charge < -0.3 is 24.3 Å². The first-order chi connectivity index (χ1) is 14.1. The van der Waals surface area contributed by atoms with E-state index in [0.29, 0.717) is 28.6 Å². The van der Waals surface area contributed by atoms with E-state index in [1.54, 1.807) is 56.3 Å². The molecule has 0 atom stereocenters. The summed E-state index contributed by atoms with van der Waals surface area (Å²) in [5.41, 5.74) is 1.88. The summed E-state index contributed by atoms with van der Waals surface area (Å²) in [6, 6.07) is 12.3. The van der Waals surface area contributed by atoms with E-state index in [2.05, 4.69) is 15.6 Å². The largest absolute Gasteiger partial charge is 0.497 e. The van der Waals surface area contributed by atoms with Crippen molar-refractivity contribution in [3.05, 3.63) is 53.9 Å². The summed E-state index contributed by atoms with van der Waals surface area (Å²) < 4.78 is 22.5. The number of anilines is 1. The molecule has 3 rings (SSSR count). The van der Waals surface area contributed by atoms with Gasteiger partial charge in [0.2, 0.25) is 0 Å².